The van der Waals surface area contributed by atoms with E-state index in [9.17, 15) is 24.5 Å². The van der Waals surface area contributed by atoms with Crippen LogP contribution in [-0.2, 0) is 14.4 Å². The minimum absolute atomic E-state index is 0.153. The van der Waals surface area contributed by atoms with E-state index in [1.165, 1.54) is 25.1 Å². The number of aryl methyl sites for hydroxylation is 1. The second kappa shape index (κ2) is 10.3. The molecule has 2 rings (SSSR count). The molecule has 31 heavy (non-hydrogen) atoms. The quantitative estimate of drug-likeness (QED) is 0.270. The van der Waals surface area contributed by atoms with Crippen LogP contribution in [0, 0.1) is 24.0 Å². The number of carbonyl (C=O) groups is 3. The van der Waals surface area contributed by atoms with Crippen molar-refractivity contribution in [1.82, 2.24) is 5.43 Å². The largest absolute Gasteiger partial charge is 0.329 e. The van der Waals surface area contributed by atoms with Crippen LogP contribution < -0.4 is 16.1 Å². The molecular formula is C20H20ClN5O5. The Hall–Kier alpha value is -3.79. The summed E-state index contributed by atoms with van der Waals surface area (Å²) in [6.07, 6.45) is -0.197. The smallest absolute Gasteiger partial charge is 0.325 e. The van der Waals surface area contributed by atoms with Gasteiger partial charge in [0.15, 0.2) is 0 Å². The first-order valence-corrected chi connectivity index (χ1v) is 9.40. The molecule has 2 aromatic carbocycles. The van der Waals surface area contributed by atoms with Gasteiger partial charge in [0.05, 0.1) is 17.0 Å². The van der Waals surface area contributed by atoms with Gasteiger partial charge in [0, 0.05) is 28.6 Å². The lowest BCUT2D eigenvalue weighted by Gasteiger charge is -2.09. The Morgan fingerprint density at radius 3 is 2.45 bits per heavy atom. The van der Waals surface area contributed by atoms with E-state index >= 15 is 0 Å². The molecule has 0 radical (unpaired) electrons. The molecule has 0 saturated heterocycles. The van der Waals surface area contributed by atoms with Crippen molar-refractivity contribution in [3.05, 3.63) is 62.7 Å². The normalized spacial score (nSPS) is 10.9. The van der Waals surface area contributed by atoms with Gasteiger partial charge in [-0.2, -0.15) is 5.10 Å². The summed E-state index contributed by atoms with van der Waals surface area (Å²) in [5.74, 6) is -2.45. The number of rotatable bonds is 6. The number of anilines is 2. The van der Waals surface area contributed by atoms with E-state index < -0.39 is 22.6 Å². The average Bonchev–Trinajstić information content (AvgIpc) is 2.70. The van der Waals surface area contributed by atoms with Crippen LogP contribution in [0.3, 0.4) is 0 Å². The molecule has 2 aromatic rings. The maximum atomic E-state index is 12.2. The van der Waals surface area contributed by atoms with Gasteiger partial charge < -0.3 is 10.6 Å². The fourth-order valence-corrected chi connectivity index (χ4v) is 2.62. The van der Waals surface area contributed by atoms with E-state index in [4.69, 9.17) is 11.6 Å². The zero-order valence-corrected chi connectivity index (χ0v) is 17.7. The van der Waals surface area contributed by atoms with Gasteiger partial charge in [-0.1, -0.05) is 23.7 Å². The van der Waals surface area contributed by atoms with E-state index in [1.54, 1.807) is 32.0 Å². The van der Waals surface area contributed by atoms with Crippen LogP contribution in [0.5, 0.6) is 0 Å². The lowest BCUT2D eigenvalue weighted by Crippen LogP contribution is -2.33. The number of nitrogens with one attached hydrogen (secondary N) is 3. The van der Waals surface area contributed by atoms with Crippen LogP contribution in [0.25, 0.3) is 0 Å². The monoisotopic (exact) mass is 445 g/mol. The first kappa shape index (κ1) is 23.5. The van der Waals surface area contributed by atoms with E-state index in [-0.39, 0.29) is 17.8 Å². The van der Waals surface area contributed by atoms with Crippen molar-refractivity contribution >= 4 is 52.1 Å². The number of halogens is 1. The Labute approximate surface area is 182 Å². The molecule has 0 aliphatic carbocycles. The van der Waals surface area contributed by atoms with E-state index in [0.29, 0.717) is 27.5 Å². The number of nitro benzene ring substituents is 1. The third-order valence-electron chi connectivity index (χ3n) is 4.19. The number of hydrogen-bond acceptors (Lipinski definition) is 6. The SMILES string of the molecule is C/C(CC(=O)Nc1cc([N+](=O)[O-])ccc1C)=N\NC(=O)C(=O)Nc1cccc(Cl)c1C. The van der Waals surface area contributed by atoms with Crippen LogP contribution in [0.2, 0.25) is 5.02 Å². The summed E-state index contributed by atoms with van der Waals surface area (Å²) >= 11 is 5.97. The first-order chi connectivity index (χ1) is 14.6. The predicted octanol–water partition coefficient (Wildman–Crippen LogP) is 3.32. The molecule has 3 N–H and O–H groups in total. The van der Waals surface area contributed by atoms with Crippen molar-refractivity contribution in [2.75, 3.05) is 10.6 Å². The Morgan fingerprint density at radius 1 is 1.06 bits per heavy atom. The number of hydrogen-bond donors (Lipinski definition) is 3. The average molecular weight is 446 g/mol. The molecule has 3 amide bonds. The summed E-state index contributed by atoms with van der Waals surface area (Å²) in [7, 11) is 0. The third kappa shape index (κ3) is 6.61. The highest BCUT2D eigenvalue weighted by atomic mass is 35.5. The first-order valence-electron chi connectivity index (χ1n) is 9.03. The van der Waals surface area contributed by atoms with Crippen LogP contribution in [0.15, 0.2) is 41.5 Å². The second-order valence-corrected chi connectivity index (χ2v) is 7.04. The van der Waals surface area contributed by atoms with Gasteiger partial charge in [0.25, 0.3) is 5.69 Å². The van der Waals surface area contributed by atoms with Gasteiger partial charge in [-0.15, -0.1) is 0 Å². The summed E-state index contributed by atoms with van der Waals surface area (Å²) in [6.45, 7) is 4.87. The van der Waals surface area contributed by atoms with Crippen LogP contribution in [0.4, 0.5) is 17.1 Å². The minimum Gasteiger partial charge on any atom is -0.325 e. The van der Waals surface area contributed by atoms with Crippen molar-refractivity contribution in [2.24, 2.45) is 5.10 Å². The molecule has 0 atom stereocenters. The highest BCUT2D eigenvalue weighted by molar-refractivity contribution is 6.40. The van der Waals surface area contributed by atoms with Crippen LogP contribution >= 0.6 is 11.6 Å². The molecular weight excluding hydrogens is 426 g/mol. The van der Waals surface area contributed by atoms with Gasteiger partial charge in [-0.3, -0.25) is 24.5 Å². The number of nitrogens with zero attached hydrogens (tertiary/aromatic N) is 2. The molecule has 0 saturated carbocycles. The summed E-state index contributed by atoms with van der Waals surface area (Å²) in [5.41, 5.74) is 4.09. The number of hydrazone groups is 1. The van der Waals surface area contributed by atoms with Gasteiger partial charge in [0.2, 0.25) is 5.91 Å². The number of amides is 3. The summed E-state index contributed by atoms with van der Waals surface area (Å²) in [4.78, 5) is 46.4. The summed E-state index contributed by atoms with van der Waals surface area (Å²) < 4.78 is 0. The Kier molecular flexibility index (Phi) is 7.81. The highest BCUT2D eigenvalue weighted by Crippen LogP contribution is 2.23. The van der Waals surface area contributed by atoms with E-state index in [2.05, 4.69) is 21.2 Å². The topological polar surface area (TPSA) is 143 Å². The standard InChI is InChI=1S/C20H20ClN5O5/c1-11-7-8-14(26(30)31)10-17(11)22-18(27)9-12(2)24-25-20(29)19(28)23-16-6-4-5-15(21)13(16)3/h4-8,10H,9H2,1-3H3,(H,22,27)(H,23,28)(H,25,29)/b24-12+. The second-order valence-electron chi connectivity index (χ2n) is 6.64. The van der Waals surface area contributed by atoms with Crippen LogP contribution in [0.1, 0.15) is 24.5 Å². The maximum Gasteiger partial charge on any atom is 0.329 e. The maximum absolute atomic E-state index is 12.2. The zero-order chi connectivity index (χ0) is 23.1. The minimum atomic E-state index is -1.02. The van der Waals surface area contributed by atoms with Crippen LogP contribution in [-0.4, -0.2) is 28.4 Å². The lowest BCUT2D eigenvalue weighted by atomic mass is 10.1. The number of benzene rings is 2. The molecule has 11 heteroatoms. The van der Waals surface area contributed by atoms with E-state index in [0.717, 1.165) is 0 Å². The molecule has 10 nitrogen and oxygen atoms in total. The van der Waals surface area contributed by atoms with Crippen molar-refractivity contribution in [1.29, 1.82) is 0 Å². The number of non-ortho nitro benzene ring substituents is 1. The summed E-state index contributed by atoms with van der Waals surface area (Å²) in [5, 5.41) is 20.0. The van der Waals surface area contributed by atoms with Crippen molar-refractivity contribution in [2.45, 2.75) is 27.2 Å². The molecule has 0 aromatic heterocycles. The Bertz CT molecular complexity index is 1080. The molecule has 0 aliphatic heterocycles. The van der Waals surface area contributed by atoms with Gasteiger partial charge >= 0.3 is 11.8 Å². The third-order valence-corrected chi connectivity index (χ3v) is 4.60. The fourth-order valence-electron chi connectivity index (χ4n) is 2.44. The molecule has 0 spiro atoms. The number of nitro groups is 1. The molecule has 0 aliphatic rings. The fraction of sp³-hybridized carbons (Fsp3) is 0.200. The van der Waals surface area contributed by atoms with Crippen molar-refractivity contribution in [3.63, 3.8) is 0 Å². The van der Waals surface area contributed by atoms with E-state index in [1.807, 2.05) is 0 Å². The predicted molar refractivity (Wildman–Crippen MR) is 117 cm³/mol. The van der Waals surface area contributed by atoms with Gasteiger partial charge in [-0.05, 0) is 44.0 Å². The molecule has 162 valence electrons. The molecule has 0 unspecified atom stereocenters. The van der Waals surface area contributed by atoms with Crippen molar-refractivity contribution in [3.8, 4) is 0 Å². The molecule has 0 heterocycles. The summed E-state index contributed by atoms with van der Waals surface area (Å²) in [6, 6.07) is 9.00. The highest BCUT2D eigenvalue weighted by Gasteiger charge is 2.16. The number of carbonyl (C=O) groups excluding carboxylic acids is 3. The van der Waals surface area contributed by atoms with Gasteiger partial charge in [-0.25, -0.2) is 5.43 Å². The Morgan fingerprint density at radius 2 is 1.77 bits per heavy atom. The van der Waals surface area contributed by atoms with Gasteiger partial charge in [0.1, 0.15) is 0 Å². The zero-order valence-electron chi connectivity index (χ0n) is 17.0. The Balaban J connectivity index is 1.93. The van der Waals surface area contributed by atoms with Crippen molar-refractivity contribution < 1.29 is 19.3 Å². The lowest BCUT2D eigenvalue weighted by molar-refractivity contribution is -0.384. The molecule has 0 bridgehead atoms. The molecule has 0 fully saturated rings.